The highest BCUT2D eigenvalue weighted by atomic mass is 16.5. The van der Waals surface area contributed by atoms with Gasteiger partial charge in [-0.2, -0.15) is 0 Å². The van der Waals surface area contributed by atoms with Crippen molar-refractivity contribution in [2.75, 3.05) is 25.6 Å². The minimum Gasteiger partial charge on any atom is -0.497 e. The molecule has 6 heteroatoms. The van der Waals surface area contributed by atoms with Gasteiger partial charge in [0.2, 0.25) is 0 Å². The van der Waals surface area contributed by atoms with Crippen molar-refractivity contribution >= 4 is 11.7 Å². The maximum Gasteiger partial charge on any atom is 0.322 e. The first kappa shape index (κ1) is 16.4. The lowest BCUT2D eigenvalue weighted by Crippen LogP contribution is -2.39. The number of hydrogen-bond acceptors (Lipinski definition) is 4. The Hall–Kier alpha value is -2.47. The molecule has 0 radical (unpaired) electrons. The summed E-state index contributed by atoms with van der Waals surface area (Å²) in [6.45, 7) is 1.70. The fourth-order valence-electron chi connectivity index (χ4n) is 2.75. The van der Waals surface area contributed by atoms with Crippen LogP contribution in [0.15, 0.2) is 47.1 Å². The molecule has 1 fully saturated rings. The molecule has 24 heavy (non-hydrogen) atoms. The van der Waals surface area contributed by atoms with Gasteiger partial charge in [-0.1, -0.05) is 6.07 Å². The van der Waals surface area contributed by atoms with Crippen LogP contribution in [0, 0.1) is 0 Å². The van der Waals surface area contributed by atoms with Gasteiger partial charge in [0.15, 0.2) is 0 Å². The van der Waals surface area contributed by atoms with Crippen molar-refractivity contribution in [2.24, 2.45) is 0 Å². The molecule has 1 aromatic heterocycles. The quantitative estimate of drug-likeness (QED) is 0.880. The molecule has 1 saturated heterocycles. The average Bonchev–Trinajstić information content (AvgIpc) is 3.28. The summed E-state index contributed by atoms with van der Waals surface area (Å²) in [5, 5.41) is 2.91. The van der Waals surface area contributed by atoms with Crippen LogP contribution in [0.3, 0.4) is 0 Å². The summed E-state index contributed by atoms with van der Waals surface area (Å²) >= 11 is 0. The third kappa shape index (κ3) is 4.29. The zero-order valence-electron chi connectivity index (χ0n) is 13.7. The van der Waals surface area contributed by atoms with E-state index in [1.54, 1.807) is 24.3 Å². The number of ether oxygens (including phenoxy) is 2. The molecule has 128 valence electrons. The Labute approximate surface area is 141 Å². The summed E-state index contributed by atoms with van der Waals surface area (Å²) in [6, 6.07) is 10.8. The molecule has 1 aliphatic rings. The predicted molar refractivity (Wildman–Crippen MR) is 90.1 cm³/mol. The van der Waals surface area contributed by atoms with Crippen LogP contribution in [0.2, 0.25) is 0 Å². The maximum atomic E-state index is 12.7. The molecule has 0 saturated carbocycles. The van der Waals surface area contributed by atoms with Crippen LogP contribution < -0.4 is 10.1 Å². The third-order valence-electron chi connectivity index (χ3n) is 3.98. The number of carbonyl (C=O) groups excluding carboxylic acids is 1. The number of rotatable bonds is 6. The lowest BCUT2D eigenvalue weighted by atomic mass is 10.2. The van der Waals surface area contributed by atoms with Crippen LogP contribution in [-0.2, 0) is 11.3 Å². The van der Waals surface area contributed by atoms with E-state index in [9.17, 15) is 4.79 Å². The molecule has 6 nitrogen and oxygen atoms in total. The van der Waals surface area contributed by atoms with E-state index in [0.29, 0.717) is 24.5 Å². The van der Waals surface area contributed by atoms with Crippen molar-refractivity contribution in [3.63, 3.8) is 0 Å². The van der Waals surface area contributed by atoms with Crippen molar-refractivity contribution in [1.29, 1.82) is 0 Å². The van der Waals surface area contributed by atoms with Crippen molar-refractivity contribution < 1.29 is 18.7 Å². The minimum absolute atomic E-state index is 0.0796. The minimum atomic E-state index is -0.185. The summed E-state index contributed by atoms with van der Waals surface area (Å²) in [4.78, 5) is 14.4. The third-order valence-corrected chi connectivity index (χ3v) is 3.98. The first-order valence-electron chi connectivity index (χ1n) is 8.08. The number of nitrogens with zero attached hydrogens (tertiary/aromatic N) is 1. The number of anilines is 1. The van der Waals surface area contributed by atoms with E-state index in [4.69, 9.17) is 13.9 Å². The van der Waals surface area contributed by atoms with Gasteiger partial charge in [0.05, 0.1) is 26.0 Å². The number of hydrogen-bond donors (Lipinski definition) is 1. The van der Waals surface area contributed by atoms with E-state index < -0.39 is 0 Å². The van der Waals surface area contributed by atoms with Crippen molar-refractivity contribution in [3.8, 4) is 5.75 Å². The van der Waals surface area contributed by atoms with Crippen LogP contribution >= 0.6 is 0 Å². The highest BCUT2D eigenvalue weighted by Crippen LogP contribution is 2.19. The fraction of sp³-hybridized carbons (Fsp3) is 0.389. The Bertz CT molecular complexity index is 651. The van der Waals surface area contributed by atoms with Gasteiger partial charge in [-0.3, -0.25) is 0 Å². The number of furan rings is 1. The van der Waals surface area contributed by atoms with Gasteiger partial charge in [-0.05, 0) is 37.1 Å². The van der Waals surface area contributed by atoms with E-state index in [1.807, 2.05) is 30.3 Å². The molecule has 3 rings (SSSR count). The highest BCUT2D eigenvalue weighted by molar-refractivity contribution is 5.89. The van der Waals surface area contributed by atoms with Gasteiger partial charge >= 0.3 is 6.03 Å². The smallest absolute Gasteiger partial charge is 0.322 e. The van der Waals surface area contributed by atoms with Crippen LogP contribution in [0.1, 0.15) is 18.6 Å². The second-order valence-electron chi connectivity index (χ2n) is 5.76. The molecule has 0 unspecified atom stereocenters. The molecule has 2 amide bonds. The number of nitrogens with one attached hydrogen (secondary N) is 1. The zero-order valence-corrected chi connectivity index (χ0v) is 13.7. The van der Waals surface area contributed by atoms with Gasteiger partial charge in [0.25, 0.3) is 0 Å². The van der Waals surface area contributed by atoms with Crippen LogP contribution in [0.5, 0.6) is 5.75 Å². The Morgan fingerprint density at radius 2 is 2.29 bits per heavy atom. The Balaban J connectivity index is 1.69. The topological polar surface area (TPSA) is 63.9 Å². The molecule has 2 heterocycles. The first-order valence-corrected chi connectivity index (χ1v) is 8.08. The summed E-state index contributed by atoms with van der Waals surface area (Å²) in [7, 11) is 1.60. The van der Waals surface area contributed by atoms with Crippen LogP contribution in [0.4, 0.5) is 10.5 Å². The van der Waals surface area contributed by atoms with Crippen molar-refractivity contribution in [3.05, 3.63) is 48.4 Å². The van der Waals surface area contributed by atoms with Crippen LogP contribution in [-0.4, -0.2) is 37.3 Å². The van der Waals surface area contributed by atoms with Gasteiger partial charge in [-0.15, -0.1) is 0 Å². The molecular formula is C18H22N2O4. The molecule has 1 aliphatic heterocycles. The van der Waals surface area contributed by atoms with Crippen molar-refractivity contribution in [2.45, 2.75) is 25.5 Å². The zero-order chi connectivity index (χ0) is 16.8. The van der Waals surface area contributed by atoms with Crippen molar-refractivity contribution in [1.82, 2.24) is 4.90 Å². The van der Waals surface area contributed by atoms with Gasteiger partial charge in [0, 0.05) is 24.9 Å². The van der Waals surface area contributed by atoms with Gasteiger partial charge in [-0.25, -0.2) is 4.79 Å². The summed E-state index contributed by atoms with van der Waals surface area (Å²) in [5.74, 6) is 1.44. The standard InChI is InChI=1S/C18H22N2O4/c1-22-15-6-2-5-14(11-15)19-18(21)20(12-16-7-3-9-23-16)13-17-8-4-10-24-17/h2-3,5-7,9,11,17H,4,8,10,12-13H2,1H3,(H,19,21)/t17-/m0/s1. The van der Waals surface area contributed by atoms with Crippen LogP contribution in [0.25, 0.3) is 0 Å². The number of benzene rings is 1. The van der Waals surface area contributed by atoms with E-state index in [0.717, 1.165) is 25.2 Å². The predicted octanol–water partition coefficient (Wildman–Crippen LogP) is 3.50. The Morgan fingerprint density at radius 1 is 1.38 bits per heavy atom. The fourth-order valence-corrected chi connectivity index (χ4v) is 2.75. The maximum absolute atomic E-state index is 12.7. The Kier molecular flexibility index (Phi) is 5.38. The van der Waals surface area contributed by atoms with Gasteiger partial charge in [0.1, 0.15) is 11.5 Å². The molecule has 0 spiro atoms. The lowest BCUT2D eigenvalue weighted by Gasteiger charge is -2.25. The van der Waals surface area contributed by atoms with E-state index in [2.05, 4.69) is 5.32 Å². The van der Waals surface area contributed by atoms with E-state index >= 15 is 0 Å². The summed E-state index contributed by atoms with van der Waals surface area (Å²) in [5.41, 5.74) is 0.691. The monoisotopic (exact) mass is 330 g/mol. The van der Waals surface area contributed by atoms with E-state index in [-0.39, 0.29) is 12.1 Å². The number of carbonyl (C=O) groups is 1. The second-order valence-corrected chi connectivity index (χ2v) is 5.76. The normalized spacial score (nSPS) is 16.8. The first-order chi connectivity index (χ1) is 11.7. The van der Waals surface area contributed by atoms with Gasteiger partial charge < -0.3 is 24.1 Å². The van der Waals surface area contributed by atoms with E-state index in [1.165, 1.54) is 0 Å². The molecular weight excluding hydrogens is 308 g/mol. The average molecular weight is 330 g/mol. The largest absolute Gasteiger partial charge is 0.497 e. The molecule has 0 bridgehead atoms. The second kappa shape index (κ2) is 7.88. The number of methoxy groups -OCH3 is 1. The SMILES string of the molecule is COc1cccc(NC(=O)N(Cc2ccco2)C[C@@H]2CCCO2)c1. The molecule has 1 aromatic carbocycles. The lowest BCUT2D eigenvalue weighted by molar-refractivity contribution is 0.0803. The number of amides is 2. The molecule has 2 aromatic rings. The molecule has 0 aliphatic carbocycles. The highest BCUT2D eigenvalue weighted by Gasteiger charge is 2.23. The summed E-state index contributed by atoms with van der Waals surface area (Å²) in [6.07, 6.45) is 3.70. The molecule has 1 N–H and O–H groups in total. The summed E-state index contributed by atoms with van der Waals surface area (Å²) < 4.78 is 16.2. The number of urea groups is 1. The Morgan fingerprint density at radius 3 is 3.00 bits per heavy atom. The molecule has 1 atom stereocenters.